The van der Waals surface area contributed by atoms with Crippen molar-refractivity contribution < 1.29 is 4.79 Å². The molecule has 0 radical (unpaired) electrons. The van der Waals surface area contributed by atoms with Gasteiger partial charge in [-0.25, -0.2) is 4.98 Å². The summed E-state index contributed by atoms with van der Waals surface area (Å²) < 4.78 is 0. The smallest absolute Gasteiger partial charge is 0.272 e. The van der Waals surface area contributed by atoms with Crippen LogP contribution >= 0.6 is 11.3 Å². The van der Waals surface area contributed by atoms with Crippen LogP contribution in [-0.4, -0.2) is 57.9 Å². The van der Waals surface area contributed by atoms with Gasteiger partial charge in [-0.1, -0.05) is 12.5 Å². The second kappa shape index (κ2) is 7.91. The first-order chi connectivity index (χ1) is 13.8. The van der Waals surface area contributed by atoms with Crippen LogP contribution in [0.15, 0.2) is 24.4 Å². The number of piperidine rings is 1. The number of likely N-dealkylation sites (tertiary alicyclic amines) is 1. The molecule has 5 nitrogen and oxygen atoms in total. The van der Waals surface area contributed by atoms with Crippen LogP contribution in [0.2, 0.25) is 0 Å². The Hall–Kier alpha value is -1.79. The number of carbonyl (C=O) groups is 1. The highest BCUT2D eigenvalue weighted by Crippen LogP contribution is 2.35. The molecular formula is C22H28N4OS. The van der Waals surface area contributed by atoms with Gasteiger partial charge in [-0.05, 0) is 44.2 Å². The first-order valence-corrected chi connectivity index (χ1v) is 11.5. The lowest BCUT2D eigenvalue weighted by atomic mass is 9.91. The van der Waals surface area contributed by atoms with Crippen molar-refractivity contribution in [1.29, 1.82) is 0 Å². The highest BCUT2D eigenvalue weighted by atomic mass is 32.1. The normalized spacial score (nSPS) is 21.8. The van der Waals surface area contributed by atoms with Crippen molar-refractivity contribution in [3.63, 3.8) is 0 Å². The van der Waals surface area contributed by atoms with Gasteiger partial charge in [0, 0.05) is 55.6 Å². The molecule has 1 aliphatic carbocycles. The summed E-state index contributed by atoms with van der Waals surface area (Å²) in [7, 11) is 0. The molecule has 5 rings (SSSR count). The Balaban J connectivity index is 1.19. The fourth-order valence-electron chi connectivity index (χ4n) is 4.67. The molecule has 2 aromatic heterocycles. The zero-order valence-electron chi connectivity index (χ0n) is 16.3. The third kappa shape index (κ3) is 3.60. The van der Waals surface area contributed by atoms with Crippen LogP contribution in [0.5, 0.6) is 0 Å². The summed E-state index contributed by atoms with van der Waals surface area (Å²) in [5, 5.41) is 1.31. The van der Waals surface area contributed by atoms with Crippen molar-refractivity contribution in [2.24, 2.45) is 0 Å². The maximum atomic E-state index is 12.6. The van der Waals surface area contributed by atoms with Crippen LogP contribution < -0.4 is 0 Å². The van der Waals surface area contributed by atoms with E-state index in [1.165, 1.54) is 54.4 Å². The van der Waals surface area contributed by atoms with Gasteiger partial charge >= 0.3 is 0 Å². The van der Waals surface area contributed by atoms with Gasteiger partial charge in [0.2, 0.25) is 0 Å². The number of rotatable bonds is 3. The third-order valence-corrected chi connectivity index (χ3v) is 7.98. The Morgan fingerprint density at radius 3 is 2.57 bits per heavy atom. The Morgan fingerprint density at radius 2 is 1.86 bits per heavy atom. The number of fused-ring (bicyclic) bond motifs is 1. The molecule has 0 spiro atoms. The minimum atomic E-state index is 0.0602. The van der Waals surface area contributed by atoms with Crippen LogP contribution in [-0.2, 0) is 12.8 Å². The average Bonchev–Trinajstić information content (AvgIpc) is 3.02. The van der Waals surface area contributed by atoms with Gasteiger partial charge in [0.05, 0.1) is 10.7 Å². The minimum Gasteiger partial charge on any atom is -0.337 e. The van der Waals surface area contributed by atoms with Crippen molar-refractivity contribution in [3.05, 3.63) is 45.7 Å². The Labute approximate surface area is 170 Å². The average molecular weight is 397 g/mol. The molecule has 0 aromatic carbocycles. The molecule has 2 aromatic rings. The Bertz CT molecular complexity index is 799. The number of carbonyl (C=O) groups excluding carboxylic acids is 1. The largest absolute Gasteiger partial charge is 0.337 e. The fraction of sp³-hybridized carbons (Fsp3) is 0.591. The van der Waals surface area contributed by atoms with Gasteiger partial charge in [-0.3, -0.25) is 14.7 Å². The van der Waals surface area contributed by atoms with E-state index in [-0.39, 0.29) is 5.91 Å². The maximum absolute atomic E-state index is 12.6. The number of pyridine rings is 1. The second-order valence-electron chi connectivity index (χ2n) is 8.32. The zero-order chi connectivity index (χ0) is 18.9. The van der Waals surface area contributed by atoms with Gasteiger partial charge in [0.15, 0.2) is 0 Å². The van der Waals surface area contributed by atoms with Crippen molar-refractivity contribution in [2.45, 2.75) is 56.9 Å². The van der Waals surface area contributed by atoms with E-state index in [0.29, 0.717) is 11.6 Å². The van der Waals surface area contributed by atoms with Crippen LogP contribution in [0, 0.1) is 0 Å². The standard InChI is InChI=1S/C22H28N4OS/c27-22(19-6-1-2-11-23-19)26-12-7-16(8-13-26)21-24-18-9-14-25(17-4-3-5-17)15-10-20(18)28-21/h1-2,6,11,16-17H,3-5,7-10,12-15H2. The molecule has 3 aliphatic rings. The van der Waals surface area contributed by atoms with E-state index < -0.39 is 0 Å². The van der Waals surface area contributed by atoms with Gasteiger partial charge in [-0.15, -0.1) is 11.3 Å². The molecule has 1 saturated heterocycles. The molecule has 1 amide bonds. The van der Waals surface area contributed by atoms with Crippen molar-refractivity contribution in [2.75, 3.05) is 26.2 Å². The summed E-state index contributed by atoms with van der Waals surface area (Å²) in [4.78, 5) is 28.0. The number of aromatic nitrogens is 2. The summed E-state index contributed by atoms with van der Waals surface area (Å²) in [5.41, 5.74) is 1.91. The maximum Gasteiger partial charge on any atom is 0.272 e. The lowest BCUT2D eigenvalue weighted by Gasteiger charge is -2.36. The van der Waals surface area contributed by atoms with E-state index in [9.17, 15) is 4.79 Å². The Kier molecular flexibility index (Phi) is 5.16. The number of amides is 1. The number of thiazole rings is 1. The molecule has 6 heteroatoms. The molecule has 0 atom stereocenters. The molecule has 0 unspecified atom stereocenters. The topological polar surface area (TPSA) is 49.3 Å². The quantitative estimate of drug-likeness (QED) is 0.797. The van der Waals surface area contributed by atoms with Gasteiger partial charge in [0.25, 0.3) is 5.91 Å². The monoisotopic (exact) mass is 396 g/mol. The molecule has 28 heavy (non-hydrogen) atoms. The summed E-state index contributed by atoms with van der Waals surface area (Å²) in [6.45, 7) is 3.99. The van der Waals surface area contributed by atoms with E-state index in [4.69, 9.17) is 4.98 Å². The SMILES string of the molecule is O=C(c1ccccn1)N1CCC(c2nc3c(s2)CCN(C2CCC2)CC3)CC1. The molecule has 148 valence electrons. The van der Waals surface area contributed by atoms with Crippen molar-refractivity contribution in [3.8, 4) is 0 Å². The predicted molar refractivity (Wildman–Crippen MR) is 111 cm³/mol. The van der Waals surface area contributed by atoms with Crippen LogP contribution in [0.25, 0.3) is 0 Å². The van der Waals surface area contributed by atoms with Crippen LogP contribution in [0.4, 0.5) is 0 Å². The molecule has 0 bridgehead atoms. The number of nitrogens with zero attached hydrogens (tertiary/aromatic N) is 4. The first kappa shape index (κ1) is 18.3. The number of hydrogen-bond acceptors (Lipinski definition) is 5. The summed E-state index contributed by atoms with van der Waals surface area (Å²) in [6.07, 6.45) is 10.2. The van der Waals surface area contributed by atoms with Gasteiger partial charge in [0.1, 0.15) is 5.69 Å². The van der Waals surface area contributed by atoms with Crippen molar-refractivity contribution >= 4 is 17.2 Å². The first-order valence-electron chi connectivity index (χ1n) is 10.7. The predicted octanol–water partition coefficient (Wildman–Crippen LogP) is 3.51. The molecule has 2 aliphatic heterocycles. The molecular weight excluding hydrogens is 368 g/mol. The zero-order valence-corrected chi connectivity index (χ0v) is 17.2. The van der Waals surface area contributed by atoms with E-state index in [2.05, 4.69) is 9.88 Å². The lowest BCUT2D eigenvalue weighted by Crippen LogP contribution is -2.41. The van der Waals surface area contributed by atoms with Gasteiger partial charge < -0.3 is 4.90 Å². The van der Waals surface area contributed by atoms with E-state index in [0.717, 1.165) is 38.4 Å². The van der Waals surface area contributed by atoms with Crippen molar-refractivity contribution in [1.82, 2.24) is 19.8 Å². The van der Waals surface area contributed by atoms with E-state index in [1.807, 2.05) is 28.4 Å². The summed E-state index contributed by atoms with van der Waals surface area (Å²) >= 11 is 1.95. The molecule has 4 heterocycles. The third-order valence-electron chi connectivity index (χ3n) is 6.66. The Morgan fingerprint density at radius 1 is 1.04 bits per heavy atom. The molecule has 1 saturated carbocycles. The molecule has 0 N–H and O–H groups in total. The van der Waals surface area contributed by atoms with E-state index in [1.54, 1.807) is 12.3 Å². The van der Waals surface area contributed by atoms with E-state index >= 15 is 0 Å². The highest BCUT2D eigenvalue weighted by Gasteiger charge is 2.30. The lowest BCUT2D eigenvalue weighted by molar-refractivity contribution is 0.0707. The summed E-state index contributed by atoms with van der Waals surface area (Å²) in [5.74, 6) is 0.567. The second-order valence-corrected chi connectivity index (χ2v) is 9.44. The fourth-order valence-corrected chi connectivity index (χ4v) is 5.94. The number of hydrogen-bond donors (Lipinski definition) is 0. The molecule has 2 fully saturated rings. The van der Waals surface area contributed by atoms with Gasteiger partial charge in [-0.2, -0.15) is 0 Å². The minimum absolute atomic E-state index is 0.0602. The summed E-state index contributed by atoms with van der Waals surface area (Å²) in [6, 6.07) is 6.37. The van der Waals surface area contributed by atoms with Crippen LogP contribution in [0.1, 0.15) is 64.1 Å². The highest BCUT2D eigenvalue weighted by molar-refractivity contribution is 7.11. The van der Waals surface area contributed by atoms with Crippen LogP contribution in [0.3, 0.4) is 0 Å².